The van der Waals surface area contributed by atoms with Crippen LogP contribution >= 0.6 is 0 Å². The predicted molar refractivity (Wildman–Crippen MR) is 160 cm³/mol. The maximum Gasteiger partial charge on any atom is 0.261 e. The summed E-state index contributed by atoms with van der Waals surface area (Å²) in [5.41, 5.74) is 0.949. The zero-order chi connectivity index (χ0) is 29.6. The van der Waals surface area contributed by atoms with E-state index in [4.69, 9.17) is 9.47 Å². The van der Waals surface area contributed by atoms with E-state index in [9.17, 15) is 18.3 Å². The van der Waals surface area contributed by atoms with Gasteiger partial charge in [-0.05, 0) is 75.2 Å². The van der Waals surface area contributed by atoms with Gasteiger partial charge in [0.15, 0.2) is 0 Å². The van der Waals surface area contributed by atoms with Crippen LogP contribution in [-0.2, 0) is 21.2 Å². The zero-order valence-corrected chi connectivity index (χ0v) is 25.5. The van der Waals surface area contributed by atoms with Crippen molar-refractivity contribution in [3.05, 3.63) is 48.0 Å². The number of hydrogen-bond acceptors (Lipinski definition) is 7. The summed E-state index contributed by atoms with van der Waals surface area (Å²) in [6.45, 7) is 5.98. The molecule has 2 aromatic rings. The lowest BCUT2D eigenvalue weighted by Gasteiger charge is -2.35. The highest BCUT2D eigenvalue weighted by atomic mass is 32.2. The lowest BCUT2D eigenvalue weighted by atomic mass is 9.89. The number of carbonyl (C=O) groups excluding carboxylic acids is 1. The first kappa shape index (κ1) is 31.1. The average molecular weight is 588 g/mol. The Bertz CT molecular complexity index is 1260. The largest absolute Gasteiger partial charge is 0.497 e. The van der Waals surface area contributed by atoms with Crippen LogP contribution in [0, 0.1) is 11.8 Å². The first-order valence-corrected chi connectivity index (χ1v) is 16.1. The van der Waals surface area contributed by atoms with Crippen LogP contribution in [0.5, 0.6) is 11.5 Å². The molecule has 0 unspecified atom stereocenters. The van der Waals surface area contributed by atoms with Crippen molar-refractivity contribution >= 4 is 21.6 Å². The van der Waals surface area contributed by atoms with Crippen LogP contribution in [0.25, 0.3) is 0 Å². The van der Waals surface area contributed by atoms with E-state index in [0.717, 1.165) is 6.54 Å². The van der Waals surface area contributed by atoms with Gasteiger partial charge in [0.25, 0.3) is 10.0 Å². The number of hydrogen-bond donors (Lipinski definition) is 2. The fraction of sp³-hybridized carbons (Fsp3) is 0.581. The molecular formula is C31H45N3O6S. The minimum Gasteiger partial charge on any atom is -0.497 e. The van der Waals surface area contributed by atoms with E-state index in [1.165, 1.54) is 51.3 Å². The van der Waals surface area contributed by atoms with Gasteiger partial charge in [-0.3, -0.25) is 9.52 Å². The van der Waals surface area contributed by atoms with Crippen molar-refractivity contribution in [3.8, 4) is 11.5 Å². The zero-order valence-electron chi connectivity index (χ0n) is 24.7. The number of amides is 1. The molecule has 1 saturated carbocycles. The van der Waals surface area contributed by atoms with Gasteiger partial charge in [0.2, 0.25) is 5.91 Å². The number of sulfonamides is 1. The molecule has 2 N–H and O–H groups in total. The molecule has 10 heteroatoms. The topological polar surface area (TPSA) is 108 Å². The highest BCUT2D eigenvalue weighted by molar-refractivity contribution is 7.92. The van der Waals surface area contributed by atoms with Crippen molar-refractivity contribution in [1.82, 2.24) is 9.80 Å². The van der Waals surface area contributed by atoms with Crippen molar-refractivity contribution in [1.29, 1.82) is 0 Å². The van der Waals surface area contributed by atoms with Crippen LogP contribution < -0.4 is 14.2 Å². The Morgan fingerprint density at radius 1 is 1.12 bits per heavy atom. The molecule has 2 aliphatic rings. The summed E-state index contributed by atoms with van der Waals surface area (Å²) >= 11 is 0. The summed E-state index contributed by atoms with van der Waals surface area (Å²) < 4.78 is 40.5. The number of aliphatic hydroxyl groups is 1. The molecule has 1 aliphatic carbocycles. The van der Waals surface area contributed by atoms with Crippen molar-refractivity contribution in [2.45, 2.75) is 69.4 Å². The van der Waals surface area contributed by atoms with Crippen LogP contribution in [0.4, 0.5) is 5.69 Å². The highest BCUT2D eigenvalue weighted by Crippen LogP contribution is 2.31. The number of likely N-dealkylation sites (N-methyl/N-ethyl adjacent to an activating group) is 1. The van der Waals surface area contributed by atoms with Crippen LogP contribution in [0.2, 0.25) is 0 Å². The molecule has 0 aromatic heterocycles. The molecule has 226 valence electrons. The second-order valence-electron chi connectivity index (χ2n) is 11.7. The Balaban J connectivity index is 1.59. The van der Waals surface area contributed by atoms with Gasteiger partial charge < -0.3 is 24.4 Å². The fourth-order valence-electron chi connectivity index (χ4n) is 5.87. The van der Waals surface area contributed by atoms with Crippen LogP contribution in [-0.4, -0.2) is 81.8 Å². The number of rotatable bonds is 10. The molecule has 4 rings (SSSR count). The number of fused-ring (bicyclic) bond motifs is 1. The van der Waals surface area contributed by atoms with Gasteiger partial charge in [-0.25, -0.2) is 8.42 Å². The Hall–Kier alpha value is -2.82. The van der Waals surface area contributed by atoms with E-state index in [1.807, 2.05) is 6.92 Å². The molecule has 1 fully saturated rings. The van der Waals surface area contributed by atoms with Crippen molar-refractivity contribution < 1.29 is 27.8 Å². The van der Waals surface area contributed by atoms with Crippen molar-refractivity contribution in [2.75, 3.05) is 45.1 Å². The molecule has 0 spiro atoms. The number of nitrogens with one attached hydrogen (secondary N) is 1. The first-order chi connectivity index (χ1) is 19.6. The molecule has 0 saturated heterocycles. The Kier molecular flexibility index (Phi) is 10.5. The molecule has 0 bridgehead atoms. The fourth-order valence-corrected chi connectivity index (χ4v) is 6.92. The van der Waals surface area contributed by atoms with Gasteiger partial charge in [-0.15, -0.1) is 0 Å². The van der Waals surface area contributed by atoms with E-state index in [1.54, 1.807) is 35.2 Å². The van der Waals surface area contributed by atoms with Gasteiger partial charge in [0.05, 0.1) is 31.1 Å². The number of nitrogens with zero attached hydrogens (tertiary/aromatic N) is 2. The Labute approximate surface area is 244 Å². The molecular weight excluding hydrogens is 542 g/mol. The average Bonchev–Trinajstić information content (AvgIpc) is 3.00. The molecule has 2 aromatic carbocycles. The summed E-state index contributed by atoms with van der Waals surface area (Å²) in [6, 6.07) is 10.9. The number of benzene rings is 2. The lowest BCUT2D eigenvalue weighted by molar-refractivity contribution is -0.134. The van der Waals surface area contributed by atoms with E-state index in [2.05, 4.69) is 23.6 Å². The number of methoxy groups -OCH3 is 1. The summed E-state index contributed by atoms with van der Waals surface area (Å²) in [5, 5.41) is 9.91. The second kappa shape index (κ2) is 13.9. The Morgan fingerprint density at radius 2 is 1.83 bits per heavy atom. The standard InChI is InChI=1S/C31H45N3O6S/c1-22-18-34(23(2)21-35)31(36)17-25-16-26(32-41(37,38)28-13-11-27(39-4)12-14-28)10-15-29(25)40-30(22)20-33(3)19-24-8-6-5-7-9-24/h10-16,22-24,30,32,35H,5-9,17-21H2,1-4H3/t22-,23-,30-/m0/s1. The molecule has 41 heavy (non-hydrogen) atoms. The van der Waals surface area contributed by atoms with Gasteiger partial charge in [-0.1, -0.05) is 26.2 Å². The lowest BCUT2D eigenvalue weighted by Crippen LogP contribution is -2.48. The quantitative estimate of drug-likeness (QED) is 0.430. The minimum absolute atomic E-state index is 0.0148. The maximum absolute atomic E-state index is 13.5. The molecule has 0 radical (unpaired) electrons. The summed E-state index contributed by atoms with van der Waals surface area (Å²) in [4.78, 5) is 17.7. The Morgan fingerprint density at radius 3 is 2.49 bits per heavy atom. The van der Waals surface area contributed by atoms with Gasteiger partial charge in [0, 0.05) is 36.8 Å². The maximum atomic E-state index is 13.5. The minimum atomic E-state index is -3.86. The molecule has 1 aliphatic heterocycles. The third-order valence-corrected chi connectivity index (χ3v) is 9.72. The monoisotopic (exact) mass is 587 g/mol. The predicted octanol–water partition coefficient (Wildman–Crippen LogP) is 4.16. The number of aliphatic hydroxyl groups excluding tert-OH is 1. The van der Waals surface area contributed by atoms with Gasteiger partial charge >= 0.3 is 0 Å². The number of anilines is 1. The van der Waals surface area contributed by atoms with E-state index >= 15 is 0 Å². The first-order valence-electron chi connectivity index (χ1n) is 14.6. The summed E-state index contributed by atoms with van der Waals surface area (Å²) in [5.74, 6) is 1.72. The van der Waals surface area contributed by atoms with Crippen LogP contribution in [0.3, 0.4) is 0 Å². The summed E-state index contributed by atoms with van der Waals surface area (Å²) in [6.07, 6.45) is 6.29. The second-order valence-corrected chi connectivity index (χ2v) is 13.4. The highest BCUT2D eigenvalue weighted by Gasteiger charge is 2.31. The number of carbonyl (C=O) groups is 1. The van der Waals surface area contributed by atoms with Gasteiger partial charge in [-0.2, -0.15) is 0 Å². The van der Waals surface area contributed by atoms with Gasteiger partial charge in [0.1, 0.15) is 17.6 Å². The third-order valence-electron chi connectivity index (χ3n) is 8.32. The SMILES string of the molecule is COc1ccc(S(=O)(=O)Nc2ccc3c(c2)CC(=O)N([C@@H](C)CO)C[C@H](C)[C@H](CN(C)CC2CCCCC2)O3)cc1. The van der Waals surface area contributed by atoms with Crippen LogP contribution in [0.15, 0.2) is 47.4 Å². The molecule has 3 atom stereocenters. The number of ether oxygens (including phenoxy) is 2. The molecule has 1 heterocycles. The molecule has 9 nitrogen and oxygen atoms in total. The third kappa shape index (κ3) is 8.14. The van der Waals surface area contributed by atoms with E-state index in [0.29, 0.717) is 41.8 Å². The van der Waals surface area contributed by atoms with Crippen LogP contribution in [0.1, 0.15) is 51.5 Å². The van der Waals surface area contributed by atoms with Crippen molar-refractivity contribution in [2.24, 2.45) is 11.8 Å². The summed E-state index contributed by atoms with van der Waals surface area (Å²) in [7, 11) is -0.206. The van der Waals surface area contributed by atoms with E-state index < -0.39 is 10.0 Å². The van der Waals surface area contributed by atoms with Crippen molar-refractivity contribution in [3.63, 3.8) is 0 Å². The normalized spacial score (nSPS) is 21.3. The smallest absolute Gasteiger partial charge is 0.261 e. The van der Waals surface area contributed by atoms with E-state index in [-0.39, 0.29) is 41.9 Å². The molecule has 1 amide bonds.